The number of hydrogen-bond donors (Lipinski definition) is 0. The summed E-state index contributed by atoms with van der Waals surface area (Å²) in [6.45, 7) is 0. The van der Waals surface area contributed by atoms with Crippen molar-refractivity contribution in [1.29, 1.82) is 0 Å². The average molecular weight is 484 g/mol. The van der Waals surface area contributed by atoms with E-state index in [9.17, 15) is 27.2 Å². The van der Waals surface area contributed by atoms with Gasteiger partial charge in [-0.25, -0.2) is 27.5 Å². The van der Waals surface area contributed by atoms with Crippen LogP contribution in [0.2, 0.25) is 0 Å². The Kier molecular flexibility index (Phi) is 3.26. The highest BCUT2D eigenvalue weighted by molar-refractivity contribution is 6.12. The summed E-state index contributed by atoms with van der Waals surface area (Å²) < 4.78 is 57.7. The molecule has 4 aromatic carbocycles. The van der Waals surface area contributed by atoms with Gasteiger partial charge in [0.05, 0.1) is 32.8 Å². The van der Waals surface area contributed by atoms with E-state index in [1.807, 2.05) is 0 Å². The zero-order valence-corrected chi connectivity index (χ0v) is 17.7. The Bertz CT molecular complexity index is 2240. The lowest BCUT2D eigenvalue weighted by molar-refractivity contribution is 0.510. The van der Waals surface area contributed by atoms with Crippen LogP contribution in [0.3, 0.4) is 0 Å². The maximum absolute atomic E-state index is 13.9. The minimum atomic E-state index is -1.09. The van der Waals surface area contributed by atoms with E-state index in [-0.39, 0.29) is 33.4 Å². The monoisotopic (exact) mass is 484 g/mol. The molecule has 4 heterocycles. The molecule has 8 rings (SSSR count). The summed E-state index contributed by atoms with van der Waals surface area (Å²) in [6, 6.07) is 10.4. The van der Waals surface area contributed by atoms with Gasteiger partial charge in [-0.05, 0) is 35.0 Å². The van der Waals surface area contributed by atoms with Crippen LogP contribution in [0.4, 0.5) is 17.6 Å². The van der Waals surface area contributed by atoms with Crippen molar-refractivity contribution in [3.05, 3.63) is 92.5 Å². The van der Waals surface area contributed by atoms with Crippen LogP contribution in [0, 0.1) is 23.3 Å². The third-order valence-corrected chi connectivity index (χ3v) is 6.85. The Balaban J connectivity index is 1.50. The largest absolute Gasteiger partial charge is 0.268 e. The Labute approximate surface area is 194 Å². The number of fused-ring (bicyclic) bond motifs is 11. The summed E-state index contributed by atoms with van der Waals surface area (Å²) >= 11 is 0. The zero-order chi connectivity index (χ0) is 24.6. The van der Waals surface area contributed by atoms with E-state index in [4.69, 9.17) is 0 Å². The van der Waals surface area contributed by atoms with E-state index < -0.39 is 34.4 Å². The second kappa shape index (κ2) is 6.03. The van der Waals surface area contributed by atoms with Crippen LogP contribution in [0.1, 0.15) is 0 Å². The normalized spacial score (nSPS) is 12.7. The van der Waals surface area contributed by atoms with E-state index in [1.54, 1.807) is 24.3 Å². The van der Waals surface area contributed by atoms with Crippen molar-refractivity contribution in [2.24, 2.45) is 0 Å². The van der Waals surface area contributed by atoms with E-state index in [2.05, 4.69) is 9.97 Å². The fraction of sp³-hybridized carbons (Fsp3) is 0. The highest BCUT2D eigenvalue weighted by atomic mass is 19.2. The Morgan fingerprint density at radius 3 is 1.28 bits per heavy atom. The van der Waals surface area contributed by atoms with Gasteiger partial charge in [-0.3, -0.25) is 18.4 Å². The standard InChI is InChI=1S/C26H8F4N4O2/c27-15-5-19-21(7-17(15)29)33-23(31-19)11-1-9-3-14-12(2-10(9)4-13(11)25(33)35)24-32-20-6-16(28)18(30)8-22(20)34(24)26(14)36/h1-8H. The zero-order valence-electron chi connectivity index (χ0n) is 17.7. The molecule has 0 saturated heterocycles. The number of benzene rings is 4. The van der Waals surface area contributed by atoms with Gasteiger partial charge in [0.2, 0.25) is 0 Å². The molecule has 0 saturated carbocycles. The molecule has 0 aliphatic carbocycles. The van der Waals surface area contributed by atoms with Gasteiger partial charge in [0.15, 0.2) is 23.3 Å². The molecule has 0 fully saturated rings. The lowest BCUT2D eigenvalue weighted by atomic mass is 10.0. The molecule has 0 spiro atoms. The van der Waals surface area contributed by atoms with E-state index in [0.29, 0.717) is 32.3 Å². The van der Waals surface area contributed by atoms with Gasteiger partial charge in [0.1, 0.15) is 11.3 Å². The van der Waals surface area contributed by atoms with Gasteiger partial charge in [-0.2, -0.15) is 0 Å². The van der Waals surface area contributed by atoms with Crippen molar-refractivity contribution in [3.8, 4) is 0 Å². The minimum Gasteiger partial charge on any atom is -0.268 e. The fourth-order valence-electron chi connectivity index (χ4n) is 5.23. The number of rotatable bonds is 0. The van der Waals surface area contributed by atoms with Gasteiger partial charge in [-0.1, -0.05) is 0 Å². The van der Waals surface area contributed by atoms with Crippen molar-refractivity contribution in [2.75, 3.05) is 0 Å². The maximum atomic E-state index is 13.9. The van der Waals surface area contributed by atoms with Crippen LogP contribution in [-0.4, -0.2) is 18.8 Å². The van der Waals surface area contributed by atoms with E-state index in [0.717, 1.165) is 24.3 Å². The topological polar surface area (TPSA) is 68.7 Å². The molecule has 0 atom stereocenters. The highest BCUT2D eigenvalue weighted by Gasteiger charge is 2.21. The molecule has 172 valence electrons. The summed E-state index contributed by atoms with van der Waals surface area (Å²) in [5, 5.41) is 2.82. The SMILES string of the molecule is O=c1c2cc3cc4c(cc3cc2c2nc3cc(F)c(F)cc3n12)c(=O)n1c2cc(F)c(F)cc2nc41. The van der Waals surface area contributed by atoms with Crippen LogP contribution in [0.15, 0.2) is 58.1 Å². The predicted molar refractivity (Wildman–Crippen MR) is 126 cm³/mol. The molecule has 0 amide bonds. The van der Waals surface area contributed by atoms with Gasteiger partial charge in [0.25, 0.3) is 11.1 Å². The van der Waals surface area contributed by atoms with Gasteiger partial charge < -0.3 is 0 Å². The second-order valence-electron chi connectivity index (χ2n) is 8.80. The predicted octanol–water partition coefficient (Wildman–Crippen LogP) is 4.90. The average Bonchev–Trinajstić information content (AvgIpc) is 3.53. The molecular formula is C26H8F4N4O2. The summed E-state index contributed by atoms with van der Waals surface area (Å²) in [6.07, 6.45) is 0. The van der Waals surface area contributed by atoms with Crippen LogP contribution in [-0.2, 0) is 0 Å². The first kappa shape index (κ1) is 19.4. The van der Waals surface area contributed by atoms with Crippen molar-refractivity contribution in [2.45, 2.75) is 0 Å². The maximum Gasteiger partial charge on any atom is 0.264 e. The molecule has 0 bridgehead atoms. The van der Waals surface area contributed by atoms with Gasteiger partial charge in [0, 0.05) is 35.0 Å². The van der Waals surface area contributed by atoms with Gasteiger partial charge in [-0.15, -0.1) is 0 Å². The Morgan fingerprint density at radius 2 is 0.861 bits per heavy atom. The molecule has 4 aromatic heterocycles. The molecular weight excluding hydrogens is 476 g/mol. The van der Waals surface area contributed by atoms with Crippen molar-refractivity contribution in [1.82, 2.24) is 18.8 Å². The lowest BCUT2D eigenvalue weighted by Gasteiger charge is -1.99. The third-order valence-electron chi connectivity index (χ3n) is 6.85. The second-order valence-corrected chi connectivity index (χ2v) is 8.80. The van der Waals surface area contributed by atoms with E-state index >= 15 is 0 Å². The van der Waals surface area contributed by atoms with Crippen molar-refractivity contribution >= 4 is 65.7 Å². The van der Waals surface area contributed by atoms with Crippen LogP contribution in [0.5, 0.6) is 0 Å². The van der Waals surface area contributed by atoms with E-state index in [1.165, 1.54) is 8.80 Å². The number of halogens is 4. The first-order valence-corrected chi connectivity index (χ1v) is 10.8. The molecule has 8 aromatic rings. The number of hydrogen-bond acceptors (Lipinski definition) is 4. The van der Waals surface area contributed by atoms with Crippen LogP contribution >= 0.6 is 0 Å². The summed E-state index contributed by atoms with van der Waals surface area (Å²) in [7, 11) is 0. The smallest absolute Gasteiger partial charge is 0.264 e. The van der Waals surface area contributed by atoms with Crippen LogP contribution < -0.4 is 11.1 Å². The Hall–Kier alpha value is -4.86. The third kappa shape index (κ3) is 2.17. The quantitative estimate of drug-likeness (QED) is 0.287. The molecule has 0 aliphatic rings. The summed E-state index contributed by atoms with van der Waals surface area (Å²) in [4.78, 5) is 35.2. The van der Waals surface area contributed by atoms with Crippen molar-refractivity contribution < 1.29 is 17.6 Å². The molecule has 10 heteroatoms. The number of aromatic nitrogens is 4. The number of nitrogens with zero attached hydrogens (tertiary/aromatic N) is 4. The fourth-order valence-corrected chi connectivity index (χ4v) is 5.23. The van der Waals surface area contributed by atoms with Crippen molar-refractivity contribution in [3.63, 3.8) is 0 Å². The van der Waals surface area contributed by atoms with Crippen LogP contribution in [0.25, 0.3) is 65.7 Å². The lowest BCUT2D eigenvalue weighted by Crippen LogP contribution is -2.06. The first-order chi connectivity index (χ1) is 17.3. The van der Waals surface area contributed by atoms with Gasteiger partial charge >= 0.3 is 0 Å². The first-order valence-electron chi connectivity index (χ1n) is 10.8. The molecule has 0 unspecified atom stereocenters. The molecule has 0 radical (unpaired) electrons. The summed E-state index contributed by atoms with van der Waals surface area (Å²) in [5.41, 5.74) is 0.219. The molecule has 0 aliphatic heterocycles. The summed E-state index contributed by atoms with van der Waals surface area (Å²) in [5.74, 6) is -4.30. The Morgan fingerprint density at radius 1 is 0.500 bits per heavy atom. The minimum absolute atomic E-state index is 0.146. The molecule has 6 nitrogen and oxygen atoms in total. The molecule has 0 N–H and O–H groups in total. The number of imidazole rings is 2. The highest BCUT2D eigenvalue weighted by Crippen LogP contribution is 2.32. The molecule has 36 heavy (non-hydrogen) atoms.